The van der Waals surface area contributed by atoms with Gasteiger partial charge in [0.05, 0.1) is 30.8 Å². The molecule has 3 rings (SSSR count). The summed E-state index contributed by atoms with van der Waals surface area (Å²) in [6.07, 6.45) is 3.74. The first-order valence-electron chi connectivity index (χ1n) is 6.57. The molecule has 0 unspecified atom stereocenters. The lowest BCUT2D eigenvalue weighted by Crippen LogP contribution is -2.08. The second-order valence-electron chi connectivity index (χ2n) is 4.70. The smallest absolute Gasteiger partial charge is 0.135 e. The van der Waals surface area contributed by atoms with Crippen molar-refractivity contribution in [3.05, 3.63) is 47.3 Å². The molecule has 1 aromatic heterocycles. The van der Waals surface area contributed by atoms with Crippen molar-refractivity contribution < 1.29 is 13.5 Å². The van der Waals surface area contributed by atoms with Crippen molar-refractivity contribution in [1.29, 1.82) is 0 Å². The molecule has 2 heterocycles. The molecule has 0 spiro atoms. The second-order valence-corrected chi connectivity index (χ2v) is 4.70. The van der Waals surface area contributed by atoms with Crippen molar-refractivity contribution in [3.8, 4) is 5.69 Å². The van der Waals surface area contributed by atoms with E-state index in [4.69, 9.17) is 10.5 Å². The normalized spacial score (nSPS) is 15.1. The van der Waals surface area contributed by atoms with Crippen LogP contribution in [0.15, 0.2) is 24.4 Å². The number of nitrogens with two attached hydrogens (primary N) is 1. The highest BCUT2D eigenvalue weighted by Crippen LogP contribution is 2.28. The Hall–Kier alpha value is -2.12. The Morgan fingerprint density at radius 3 is 2.62 bits per heavy atom. The van der Waals surface area contributed by atoms with Crippen molar-refractivity contribution in [2.24, 2.45) is 5.73 Å². The van der Waals surface area contributed by atoms with E-state index >= 15 is 0 Å². The lowest BCUT2D eigenvalue weighted by atomic mass is 10.00. The van der Waals surface area contributed by atoms with Crippen LogP contribution in [0.2, 0.25) is 0 Å². The summed E-state index contributed by atoms with van der Waals surface area (Å²) >= 11 is 0. The topological polar surface area (TPSA) is 66.0 Å². The minimum absolute atomic E-state index is 0.00112. The molecule has 110 valence electrons. The summed E-state index contributed by atoms with van der Waals surface area (Å²) in [6, 6.07) is 2.48. The van der Waals surface area contributed by atoms with E-state index in [0.717, 1.165) is 0 Å². The average Bonchev–Trinajstić information content (AvgIpc) is 2.96. The van der Waals surface area contributed by atoms with Crippen molar-refractivity contribution in [2.75, 3.05) is 13.2 Å². The van der Waals surface area contributed by atoms with Crippen LogP contribution >= 0.6 is 0 Å². The van der Waals surface area contributed by atoms with E-state index in [-0.39, 0.29) is 17.8 Å². The molecule has 0 saturated heterocycles. The third-order valence-electron chi connectivity index (χ3n) is 3.33. The predicted molar refractivity (Wildman–Crippen MR) is 72.6 cm³/mol. The van der Waals surface area contributed by atoms with Crippen LogP contribution in [0.4, 0.5) is 8.78 Å². The summed E-state index contributed by atoms with van der Waals surface area (Å²) in [5.41, 5.74) is 6.89. The molecular weight excluding hydrogens is 278 g/mol. The number of aromatic nitrogens is 3. The van der Waals surface area contributed by atoms with E-state index in [1.165, 1.54) is 16.8 Å². The molecule has 21 heavy (non-hydrogen) atoms. The van der Waals surface area contributed by atoms with Gasteiger partial charge in [-0.1, -0.05) is 11.3 Å². The molecule has 0 atom stereocenters. The number of rotatable bonds is 3. The molecule has 0 amide bonds. The van der Waals surface area contributed by atoms with Gasteiger partial charge in [-0.25, -0.2) is 13.5 Å². The molecule has 0 radical (unpaired) electrons. The van der Waals surface area contributed by atoms with Crippen LogP contribution in [0.3, 0.4) is 0 Å². The molecular formula is C14H14F2N4O. The maximum absolute atomic E-state index is 14.3. The van der Waals surface area contributed by atoms with Crippen LogP contribution in [0.5, 0.6) is 0 Å². The van der Waals surface area contributed by atoms with Gasteiger partial charge in [0.2, 0.25) is 0 Å². The number of ether oxygens (including phenoxy) is 1. The van der Waals surface area contributed by atoms with E-state index in [1.54, 1.807) is 12.3 Å². The van der Waals surface area contributed by atoms with E-state index in [9.17, 15) is 8.78 Å². The van der Waals surface area contributed by atoms with E-state index in [0.29, 0.717) is 30.9 Å². The van der Waals surface area contributed by atoms with Gasteiger partial charge in [0.25, 0.3) is 0 Å². The van der Waals surface area contributed by atoms with Gasteiger partial charge in [0, 0.05) is 24.2 Å². The molecule has 5 nitrogen and oxygen atoms in total. The summed E-state index contributed by atoms with van der Waals surface area (Å²) < 4.78 is 35.0. The Labute approximate surface area is 120 Å². The Kier molecular flexibility index (Phi) is 3.76. The first-order chi connectivity index (χ1) is 10.2. The highest BCUT2D eigenvalue weighted by molar-refractivity contribution is 5.68. The molecule has 2 aromatic rings. The van der Waals surface area contributed by atoms with Crippen molar-refractivity contribution >= 4 is 5.57 Å². The summed E-state index contributed by atoms with van der Waals surface area (Å²) in [5.74, 6) is -1.24. The molecule has 1 aliphatic rings. The quantitative estimate of drug-likeness (QED) is 0.937. The second kappa shape index (κ2) is 5.71. The third-order valence-corrected chi connectivity index (χ3v) is 3.33. The Morgan fingerprint density at radius 1 is 1.29 bits per heavy atom. The fraction of sp³-hybridized carbons (Fsp3) is 0.286. The van der Waals surface area contributed by atoms with Gasteiger partial charge in [-0.05, 0) is 12.0 Å². The van der Waals surface area contributed by atoms with Gasteiger partial charge < -0.3 is 10.5 Å². The molecule has 0 bridgehead atoms. The molecule has 2 N–H and O–H groups in total. The summed E-state index contributed by atoms with van der Waals surface area (Å²) in [5, 5.41) is 7.60. The first kappa shape index (κ1) is 13.8. The van der Waals surface area contributed by atoms with Crippen molar-refractivity contribution in [3.63, 3.8) is 0 Å². The average molecular weight is 292 g/mol. The standard InChI is InChI=1S/C14H14F2N4O/c15-12-5-11(20-8-10(7-17)18-19-20)6-13(16)14(12)9-1-3-21-4-2-9/h1,5-6,8H,2-4,7,17H2. The number of hydrogen-bond donors (Lipinski definition) is 1. The minimum Gasteiger partial charge on any atom is -0.377 e. The highest BCUT2D eigenvalue weighted by Gasteiger charge is 2.18. The zero-order valence-electron chi connectivity index (χ0n) is 11.2. The van der Waals surface area contributed by atoms with Gasteiger partial charge in [-0.2, -0.15) is 0 Å². The number of hydrogen-bond acceptors (Lipinski definition) is 4. The fourth-order valence-corrected chi connectivity index (χ4v) is 2.27. The highest BCUT2D eigenvalue weighted by atomic mass is 19.1. The molecule has 1 aromatic carbocycles. The SMILES string of the molecule is NCc1cn(-c2cc(F)c(C3=CCOCC3)c(F)c2)nn1. The molecule has 7 heteroatoms. The summed E-state index contributed by atoms with van der Waals surface area (Å²) in [4.78, 5) is 0. The zero-order valence-corrected chi connectivity index (χ0v) is 11.2. The fourth-order valence-electron chi connectivity index (χ4n) is 2.27. The Bertz CT molecular complexity index is 673. The number of benzene rings is 1. The maximum atomic E-state index is 14.3. The third kappa shape index (κ3) is 2.70. The maximum Gasteiger partial charge on any atom is 0.135 e. The number of nitrogens with zero attached hydrogens (tertiary/aromatic N) is 3. The largest absolute Gasteiger partial charge is 0.377 e. The lowest BCUT2D eigenvalue weighted by molar-refractivity contribution is 0.161. The van der Waals surface area contributed by atoms with Crippen molar-refractivity contribution in [1.82, 2.24) is 15.0 Å². The molecule has 0 aliphatic carbocycles. The van der Waals surface area contributed by atoms with Crippen LogP contribution in [0, 0.1) is 11.6 Å². The molecule has 1 aliphatic heterocycles. The van der Waals surface area contributed by atoms with Gasteiger partial charge in [0.15, 0.2) is 0 Å². The van der Waals surface area contributed by atoms with Crippen LogP contribution in [0.1, 0.15) is 17.7 Å². The Morgan fingerprint density at radius 2 is 2.05 bits per heavy atom. The molecule has 0 saturated carbocycles. The number of halogens is 2. The lowest BCUT2D eigenvalue weighted by Gasteiger charge is -2.15. The van der Waals surface area contributed by atoms with Crippen molar-refractivity contribution in [2.45, 2.75) is 13.0 Å². The van der Waals surface area contributed by atoms with Crippen LogP contribution < -0.4 is 5.73 Å². The summed E-state index contributed by atoms with van der Waals surface area (Å²) in [7, 11) is 0. The van der Waals surface area contributed by atoms with Gasteiger partial charge in [0.1, 0.15) is 11.6 Å². The van der Waals surface area contributed by atoms with Gasteiger partial charge in [-0.15, -0.1) is 5.10 Å². The van der Waals surface area contributed by atoms with E-state index in [2.05, 4.69) is 10.3 Å². The van der Waals surface area contributed by atoms with Crippen LogP contribution in [-0.4, -0.2) is 28.2 Å². The van der Waals surface area contributed by atoms with Gasteiger partial charge in [-0.3, -0.25) is 0 Å². The van der Waals surface area contributed by atoms with Gasteiger partial charge >= 0.3 is 0 Å². The van der Waals surface area contributed by atoms with E-state index in [1.807, 2.05) is 0 Å². The molecule has 0 fully saturated rings. The summed E-state index contributed by atoms with van der Waals surface area (Å²) in [6.45, 7) is 1.06. The minimum atomic E-state index is -0.622. The predicted octanol–water partition coefficient (Wildman–Crippen LogP) is 1.81. The van der Waals surface area contributed by atoms with Crippen LogP contribution in [0.25, 0.3) is 11.3 Å². The first-order valence-corrected chi connectivity index (χ1v) is 6.57. The Balaban J connectivity index is 2.01. The monoisotopic (exact) mass is 292 g/mol. The zero-order chi connectivity index (χ0) is 14.8. The van der Waals surface area contributed by atoms with E-state index < -0.39 is 11.6 Å². The van der Waals surface area contributed by atoms with Crippen LogP contribution in [-0.2, 0) is 11.3 Å².